The van der Waals surface area contributed by atoms with E-state index in [1.165, 1.54) is 0 Å². The molecule has 0 saturated carbocycles. The summed E-state index contributed by atoms with van der Waals surface area (Å²) < 4.78 is 23.7. The van der Waals surface area contributed by atoms with E-state index in [1.54, 1.807) is 30.3 Å². The molecule has 0 fully saturated rings. The number of benzene rings is 4. The molecule has 0 aliphatic carbocycles. The number of ketones is 2. The second kappa shape index (κ2) is 14.6. The van der Waals surface area contributed by atoms with Gasteiger partial charge in [0.1, 0.15) is 24.7 Å². The van der Waals surface area contributed by atoms with E-state index in [-0.39, 0.29) is 11.3 Å². The van der Waals surface area contributed by atoms with E-state index < -0.39 is 12.5 Å². The molecule has 0 radical (unpaired) electrons. The average molecular weight is 549 g/mol. The van der Waals surface area contributed by atoms with E-state index in [2.05, 4.69) is 15.9 Å². The summed E-state index contributed by atoms with van der Waals surface area (Å²) in [4.78, 5) is 23.1. The van der Waals surface area contributed by atoms with Crippen LogP contribution in [0.5, 0.6) is 11.5 Å². The first-order valence-electron chi connectivity index (χ1n) is 11.3. The Kier molecular flexibility index (Phi) is 10.9. The summed E-state index contributed by atoms with van der Waals surface area (Å²) in [6.45, 7) is -0.184. The fourth-order valence-corrected chi connectivity index (χ4v) is 3.56. The molecule has 0 heterocycles. The number of carbonyl (C=O) groups excluding carboxylic acids is 2. The molecule has 4 aromatic rings. The maximum atomic E-state index is 12.4. The monoisotopic (exact) mass is 548 g/mol. The molecule has 0 aromatic heterocycles. The minimum Gasteiger partial charge on any atom is -0.488 e. The number of hydrogen-bond acceptors (Lipinski definition) is 4. The molecule has 0 spiro atoms. The lowest BCUT2D eigenvalue weighted by Gasteiger charge is -2.09. The van der Waals surface area contributed by atoms with Gasteiger partial charge in [0.05, 0.1) is 16.5 Å². The Balaban J connectivity index is 0.000000201. The van der Waals surface area contributed by atoms with Crippen LogP contribution in [0.25, 0.3) is 0 Å². The van der Waals surface area contributed by atoms with Crippen molar-refractivity contribution >= 4 is 27.5 Å². The summed E-state index contributed by atoms with van der Waals surface area (Å²) in [7, 11) is 0. The number of ether oxygens (including phenoxy) is 2. The van der Waals surface area contributed by atoms with Crippen LogP contribution in [0.2, 0.25) is 0 Å². The lowest BCUT2D eigenvalue weighted by molar-refractivity contribution is 0.0953. The minimum atomic E-state index is -1.01. The molecule has 0 N–H and O–H groups in total. The van der Waals surface area contributed by atoms with Gasteiger partial charge in [0.15, 0.2) is 18.2 Å². The van der Waals surface area contributed by atoms with Crippen LogP contribution >= 0.6 is 15.9 Å². The molecule has 0 saturated heterocycles. The zero-order chi connectivity index (χ0) is 25.6. The fourth-order valence-electron chi connectivity index (χ4n) is 3.26. The molecular weight excluding hydrogens is 523 g/mol. The summed E-state index contributed by atoms with van der Waals surface area (Å²) in [6, 6.07) is 33.5. The van der Waals surface area contributed by atoms with Gasteiger partial charge in [0, 0.05) is 0 Å². The molecule has 36 heavy (non-hydrogen) atoms. The van der Waals surface area contributed by atoms with Gasteiger partial charge in [-0.25, -0.2) is 4.39 Å². The first-order chi connectivity index (χ1) is 17.6. The van der Waals surface area contributed by atoms with Crippen molar-refractivity contribution in [3.05, 3.63) is 131 Å². The molecule has 4 nitrogen and oxygen atoms in total. The van der Waals surface area contributed by atoms with Crippen LogP contribution in [0.3, 0.4) is 0 Å². The maximum Gasteiger partial charge on any atom is 0.197 e. The van der Waals surface area contributed by atoms with Crippen molar-refractivity contribution in [2.24, 2.45) is 0 Å². The first-order valence-corrected chi connectivity index (χ1v) is 12.4. The molecule has 4 rings (SSSR count). The highest BCUT2D eigenvalue weighted by Crippen LogP contribution is 2.21. The Bertz CT molecular complexity index is 1150. The third kappa shape index (κ3) is 8.17. The Hall–Kier alpha value is -3.77. The van der Waals surface area contributed by atoms with Gasteiger partial charge >= 0.3 is 0 Å². The molecule has 4 aromatic carbocycles. The molecular formula is C30H26BrFO4. The van der Waals surface area contributed by atoms with Crippen LogP contribution in [-0.4, -0.2) is 23.6 Å². The SMILES string of the molecule is O=C(CBr)c1ccccc1OCc1ccccc1.O=C(CF)c1ccccc1OCc1ccccc1. The van der Waals surface area contributed by atoms with Gasteiger partial charge in [0.25, 0.3) is 0 Å². The minimum absolute atomic E-state index is 0.0265. The van der Waals surface area contributed by atoms with Gasteiger partial charge in [-0.15, -0.1) is 0 Å². The highest BCUT2D eigenvalue weighted by atomic mass is 79.9. The number of hydrogen-bond donors (Lipinski definition) is 0. The third-order valence-electron chi connectivity index (χ3n) is 5.09. The van der Waals surface area contributed by atoms with E-state index in [0.717, 1.165) is 11.1 Å². The van der Waals surface area contributed by atoms with Gasteiger partial charge in [-0.1, -0.05) is 101 Å². The lowest BCUT2D eigenvalue weighted by atomic mass is 10.1. The van der Waals surface area contributed by atoms with E-state index >= 15 is 0 Å². The number of carbonyl (C=O) groups is 2. The predicted molar refractivity (Wildman–Crippen MR) is 143 cm³/mol. The van der Waals surface area contributed by atoms with Crippen LogP contribution in [0, 0.1) is 0 Å². The van der Waals surface area contributed by atoms with E-state index in [4.69, 9.17) is 9.47 Å². The van der Waals surface area contributed by atoms with E-state index in [0.29, 0.717) is 35.6 Å². The number of halogens is 2. The first kappa shape index (κ1) is 26.8. The molecule has 0 atom stereocenters. The topological polar surface area (TPSA) is 52.6 Å². The smallest absolute Gasteiger partial charge is 0.197 e. The highest BCUT2D eigenvalue weighted by Gasteiger charge is 2.12. The van der Waals surface area contributed by atoms with Crippen molar-refractivity contribution in [2.45, 2.75) is 13.2 Å². The summed E-state index contributed by atoms with van der Waals surface area (Å²) in [5, 5.41) is 0.304. The number of rotatable bonds is 10. The maximum absolute atomic E-state index is 12.4. The molecule has 0 amide bonds. The second-order valence-electron chi connectivity index (χ2n) is 7.65. The second-order valence-corrected chi connectivity index (χ2v) is 8.22. The Morgan fingerprint density at radius 1 is 0.583 bits per heavy atom. The molecule has 0 aliphatic heterocycles. The quantitative estimate of drug-likeness (QED) is 0.154. The third-order valence-corrected chi connectivity index (χ3v) is 5.60. The highest BCUT2D eigenvalue weighted by molar-refractivity contribution is 9.09. The number of alkyl halides is 2. The Labute approximate surface area is 218 Å². The van der Waals surface area contributed by atoms with Gasteiger partial charge < -0.3 is 9.47 Å². The molecule has 0 aliphatic rings. The van der Waals surface area contributed by atoms with Gasteiger partial charge in [-0.3, -0.25) is 9.59 Å². The summed E-state index contributed by atoms with van der Waals surface area (Å²) in [5.41, 5.74) is 2.99. The van der Waals surface area contributed by atoms with Crippen molar-refractivity contribution in [3.8, 4) is 11.5 Å². The fraction of sp³-hybridized carbons (Fsp3) is 0.133. The predicted octanol–water partition coefficient (Wildman–Crippen LogP) is 7.26. The van der Waals surface area contributed by atoms with Crippen molar-refractivity contribution in [1.29, 1.82) is 0 Å². The van der Waals surface area contributed by atoms with Gasteiger partial charge in [-0.05, 0) is 35.4 Å². The Morgan fingerprint density at radius 2 is 0.972 bits per heavy atom. The van der Waals surface area contributed by atoms with Crippen LogP contribution in [0.1, 0.15) is 31.8 Å². The summed E-state index contributed by atoms with van der Waals surface area (Å²) in [6.07, 6.45) is 0. The summed E-state index contributed by atoms with van der Waals surface area (Å²) >= 11 is 3.18. The normalized spacial score (nSPS) is 10.1. The molecule has 6 heteroatoms. The molecule has 184 valence electrons. The standard InChI is InChI=1S/C15H13BrO2.C15H13FO2/c2*16-10-14(17)13-8-4-5-9-15(13)18-11-12-6-2-1-3-7-12/h2*1-9H,10-11H2. The van der Waals surface area contributed by atoms with Gasteiger partial charge in [0.2, 0.25) is 0 Å². The number of Topliss-reactive ketones (excluding diaryl/α,β-unsaturated/α-hetero) is 2. The van der Waals surface area contributed by atoms with Crippen molar-refractivity contribution < 1.29 is 23.5 Å². The van der Waals surface area contributed by atoms with Crippen molar-refractivity contribution in [2.75, 3.05) is 12.0 Å². The Morgan fingerprint density at radius 3 is 1.39 bits per heavy atom. The van der Waals surface area contributed by atoms with Crippen LogP contribution in [0.4, 0.5) is 4.39 Å². The van der Waals surface area contributed by atoms with Crippen molar-refractivity contribution in [1.82, 2.24) is 0 Å². The largest absolute Gasteiger partial charge is 0.488 e. The van der Waals surface area contributed by atoms with Crippen molar-refractivity contribution in [3.63, 3.8) is 0 Å². The van der Waals surface area contributed by atoms with E-state index in [9.17, 15) is 14.0 Å². The zero-order valence-electron chi connectivity index (χ0n) is 19.6. The average Bonchev–Trinajstić information content (AvgIpc) is 2.96. The number of para-hydroxylation sites is 2. The zero-order valence-corrected chi connectivity index (χ0v) is 21.2. The molecule has 0 unspecified atom stereocenters. The molecule has 0 bridgehead atoms. The summed E-state index contributed by atoms with van der Waals surface area (Å²) in [5.74, 6) is 0.520. The van der Waals surface area contributed by atoms with Gasteiger partial charge in [-0.2, -0.15) is 0 Å². The van der Waals surface area contributed by atoms with Crippen LogP contribution < -0.4 is 9.47 Å². The van der Waals surface area contributed by atoms with Crippen LogP contribution in [-0.2, 0) is 13.2 Å². The lowest BCUT2D eigenvalue weighted by Crippen LogP contribution is -2.05. The van der Waals surface area contributed by atoms with Crippen LogP contribution in [0.15, 0.2) is 109 Å². The van der Waals surface area contributed by atoms with E-state index in [1.807, 2.05) is 78.9 Å².